The molecular formula is C12H14FNO3. The monoisotopic (exact) mass is 239 g/mol. The van der Waals surface area contributed by atoms with E-state index in [-0.39, 0.29) is 30.2 Å². The van der Waals surface area contributed by atoms with Crippen LogP contribution in [-0.2, 0) is 4.79 Å². The number of nitrogens with one attached hydrogen (secondary N) is 1. The summed E-state index contributed by atoms with van der Waals surface area (Å²) in [5, 5.41) is 2.62. The molecule has 5 heteroatoms. The third-order valence-electron chi connectivity index (χ3n) is 2.06. The molecule has 1 aromatic carbocycles. The van der Waals surface area contributed by atoms with Gasteiger partial charge in [-0.1, -0.05) is 0 Å². The first-order valence-corrected chi connectivity index (χ1v) is 5.31. The largest absolute Gasteiger partial charge is 0.492 e. The second-order valence-corrected chi connectivity index (χ2v) is 3.35. The van der Waals surface area contributed by atoms with Gasteiger partial charge in [0, 0.05) is 6.54 Å². The van der Waals surface area contributed by atoms with E-state index in [1.54, 1.807) is 0 Å². The zero-order valence-corrected chi connectivity index (χ0v) is 9.53. The van der Waals surface area contributed by atoms with Gasteiger partial charge in [-0.15, -0.1) is 0 Å². The molecule has 1 N–H and O–H groups in total. The Hall–Kier alpha value is -1.91. The van der Waals surface area contributed by atoms with Crippen LogP contribution in [0.25, 0.3) is 0 Å². The molecule has 4 nitrogen and oxygen atoms in total. The van der Waals surface area contributed by atoms with E-state index in [4.69, 9.17) is 4.74 Å². The number of hydrogen-bond acceptors (Lipinski definition) is 3. The molecule has 0 spiro atoms. The van der Waals surface area contributed by atoms with Gasteiger partial charge in [0.05, 0.1) is 18.6 Å². The van der Waals surface area contributed by atoms with Crippen LogP contribution in [0, 0.1) is 5.82 Å². The Morgan fingerprint density at radius 3 is 2.94 bits per heavy atom. The van der Waals surface area contributed by atoms with Gasteiger partial charge in [0.2, 0.25) is 5.91 Å². The van der Waals surface area contributed by atoms with E-state index in [1.807, 2.05) is 6.92 Å². The summed E-state index contributed by atoms with van der Waals surface area (Å²) in [6.45, 7) is 2.54. The Balaban J connectivity index is 2.51. The van der Waals surface area contributed by atoms with Crippen LogP contribution >= 0.6 is 0 Å². The highest BCUT2D eigenvalue weighted by Gasteiger charge is 2.05. The third-order valence-corrected chi connectivity index (χ3v) is 2.06. The van der Waals surface area contributed by atoms with Crippen LogP contribution in [0.3, 0.4) is 0 Å². The van der Waals surface area contributed by atoms with Crippen LogP contribution < -0.4 is 10.1 Å². The lowest BCUT2D eigenvalue weighted by Crippen LogP contribution is -2.24. The van der Waals surface area contributed by atoms with E-state index in [2.05, 4.69) is 5.32 Å². The van der Waals surface area contributed by atoms with Crippen LogP contribution in [0.1, 0.15) is 23.7 Å². The van der Waals surface area contributed by atoms with E-state index in [1.165, 1.54) is 12.1 Å². The lowest BCUT2D eigenvalue weighted by atomic mass is 10.2. The van der Waals surface area contributed by atoms with Crippen molar-refractivity contribution in [1.29, 1.82) is 0 Å². The van der Waals surface area contributed by atoms with Gasteiger partial charge in [-0.25, -0.2) is 4.39 Å². The van der Waals surface area contributed by atoms with Gasteiger partial charge < -0.3 is 10.1 Å². The highest BCUT2D eigenvalue weighted by atomic mass is 19.1. The number of ether oxygens (including phenoxy) is 1. The summed E-state index contributed by atoms with van der Waals surface area (Å²) in [7, 11) is 0. The second-order valence-electron chi connectivity index (χ2n) is 3.35. The zero-order valence-electron chi connectivity index (χ0n) is 9.53. The molecule has 0 saturated carbocycles. The second kappa shape index (κ2) is 6.62. The van der Waals surface area contributed by atoms with Gasteiger partial charge in [-0.3, -0.25) is 9.59 Å². The van der Waals surface area contributed by atoms with Gasteiger partial charge in [-0.05, 0) is 25.1 Å². The number of rotatable bonds is 6. The van der Waals surface area contributed by atoms with Crippen molar-refractivity contribution in [2.24, 2.45) is 0 Å². The highest BCUT2D eigenvalue weighted by molar-refractivity contribution is 5.79. The predicted molar refractivity (Wildman–Crippen MR) is 60.6 cm³/mol. The van der Waals surface area contributed by atoms with Crippen molar-refractivity contribution in [2.75, 3.05) is 13.2 Å². The number of amides is 1. The van der Waals surface area contributed by atoms with Crippen molar-refractivity contribution in [1.82, 2.24) is 5.32 Å². The Morgan fingerprint density at radius 1 is 1.53 bits per heavy atom. The zero-order chi connectivity index (χ0) is 12.7. The molecule has 1 aromatic rings. The van der Waals surface area contributed by atoms with Gasteiger partial charge in [0.15, 0.2) is 6.29 Å². The quantitative estimate of drug-likeness (QED) is 0.766. The Morgan fingerprint density at radius 2 is 2.29 bits per heavy atom. The summed E-state index contributed by atoms with van der Waals surface area (Å²) in [4.78, 5) is 21.8. The average molecular weight is 239 g/mol. The lowest BCUT2D eigenvalue weighted by Gasteiger charge is -2.08. The van der Waals surface area contributed by atoms with Crippen molar-refractivity contribution >= 4 is 12.2 Å². The number of carbonyl (C=O) groups is 2. The molecule has 0 heterocycles. The fraction of sp³-hybridized carbons (Fsp3) is 0.333. The first-order valence-electron chi connectivity index (χ1n) is 5.31. The summed E-state index contributed by atoms with van der Waals surface area (Å²) in [6.07, 6.45) is 0.716. The molecule has 0 saturated heterocycles. The van der Waals surface area contributed by atoms with Crippen molar-refractivity contribution in [3.8, 4) is 5.75 Å². The molecule has 1 rings (SSSR count). The molecule has 0 aromatic heterocycles. The van der Waals surface area contributed by atoms with Gasteiger partial charge in [0.1, 0.15) is 11.6 Å². The van der Waals surface area contributed by atoms with E-state index >= 15 is 0 Å². The Kier molecular flexibility index (Phi) is 5.13. The smallest absolute Gasteiger partial charge is 0.223 e. The van der Waals surface area contributed by atoms with E-state index < -0.39 is 5.82 Å². The summed E-state index contributed by atoms with van der Waals surface area (Å²) in [6, 6.07) is 3.67. The summed E-state index contributed by atoms with van der Waals surface area (Å²) in [5.41, 5.74) is 0.140. The molecule has 17 heavy (non-hydrogen) atoms. The standard InChI is InChI=1S/C12H14FNO3/c1-2-14-12(16)5-6-17-11-4-3-10(13)7-9(11)8-15/h3-4,7-8H,2,5-6H2,1H3,(H,14,16). The van der Waals surface area contributed by atoms with Crippen molar-refractivity contribution < 1.29 is 18.7 Å². The minimum atomic E-state index is -0.497. The molecule has 1 amide bonds. The molecule has 0 fully saturated rings. The first kappa shape index (κ1) is 13.2. The fourth-order valence-electron chi connectivity index (χ4n) is 1.28. The third kappa shape index (κ3) is 4.22. The molecule has 0 aliphatic carbocycles. The first-order chi connectivity index (χ1) is 8.17. The summed E-state index contributed by atoms with van der Waals surface area (Å²) >= 11 is 0. The number of halogens is 1. The number of aldehydes is 1. The van der Waals surface area contributed by atoms with Crippen LogP contribution in [0.15, 0.2) is 18.2 Å². The molecule has 0 unspecified atom stereocenters. The maximum atomic E-state index is 12.8. The summed E-state index contributed by atoms with van der Waals surface area (Å²) in [5.74, 6) is -0.337. The maximum absolute atomic E-state index is 12.8. The maximum Gasteiger partial charge on any atom is 0.223 e. The predicted octanol–water partition coefficient (Wildman–Crippen LogP) is 1.54. The molecule has 0 aliphatic rings. The Bertz CT molecular complexity index is 407. The van der Waals surface area contributed by atoms with Crippen LogP contribution in [0.4, 0.5) is 4.39 Å². The van der Waals surface area contributed by atoms with E-state index in [0.29, 0.717) is 12.8 Å². The number of benzene rings is 1. The van der Waals surface area contributed by atoms with Crippen LogP contribution in [-0.4, -0.2) is 25.3 Å². The SMILES string of the molecule is CCNC(=O)CCOc1ccc(F)cc1C=O. The minimum Gasteiger partial charge on any atom is -0.492 e. The molecule has 0 radical (unpaired) electrons. The molecular weight excluding hydrogens is 225 g/mol. The molecule has 0 bridgehead atoms. The molecule has 0 atom stereocenters. The van der Waals surface area contributed by atoms with E-state index in [0.717, 1.165) is 6.07 Å². The Labute approximate surface area is 98.8 Å². The van der Waals surface area contributed by atoms with Crippen LogP contribution in [0.2, 0.25) is 0 Å². The van der Waals surface area contributed by atoms with Gasteiger partial charge in [-0.2, -0.15) is 0 Å². The van der Waals surface area contributed by atoms with Crippen molar-refractivity contribution in [3.63, 3.8) is 0 Å². The van der Waals surface area contributed by atoms with Crippen molar-refractivity contribution in [3.05, 3.63) is 29.6 Å². The summed E-state index contributed by atoms with van der Waals surface area (Å²) < 4.78 is 18.0. The average Bonchev–Trinajstić information content (AvgIpc) is 2.31. The van der Waals surface area contributed by atoms with Gasteiger partial charge >= 0.3 is 0 Å². The highest BCUT2D eigenvalue weighted by Crippen LogP contribution is 2.17. The molecule has 0 aliphatic heterocycles. The minimum absolute atomic E-state index is 0.123. The van der Waals surface area contributed by atoms with E-state index in [9.17, 15) is 14.0 Å². The van der Waals surface area contributed by atoms with Crippen molar-refractivity contribution in [2.45, 2.75) is 13.3 Å². The van der Waals surface area contributed by atoms with Gasteiger partial charge in [0.25, 0.3) is 0 Å². The van der Waals surface area contributed by atoms with Crippen LogP contribution in [0.5, 0.6) is 5.75 Å². The fourth-order valence-corrected chi connectivity index (χ4v) is 1.28. The number of carbonyl (C=O) groups excluding carboxylic acids is 2. The normalized spacial score (nSPS) is 9.76. The molecule has 92 valence electrons. The number of hydrogen-bond donors (Lipinski definition) is 1. The topological polar surface area (TPSA) is 55.4 Å². The lowest BCUT2D eigenvalue weighted by molar-refractivity contribution is -0.121.